The Hall–Kier alpha value is -1.07. The van der Waals surface area contributed by atoms with Crippen LogP contribution in [0.2, 0.25) is 5.02 Å². The lowest BCUT2D eigenvalue weighted by atomic mass is 10.1. The van der Waals surface area contributed by atoms with Crippen LogP contribution in [0.3, 0.4) is 0 Å². The number of nitrogens with zero attached hydrogens (tertiary/aromatic N) is 2. The van der Waals surface area contributed by atoms with E-state index in [-0.39, 0.29) is 0 Å². The Balaban J connectivity index is 1.83. The molecule has 1 unspecified atom stereocenters. The highest BCUT2D eigenvalue weighted by Crippen LogP contribution is 2.21. The fourth-order valence-corrected chi connectivity index (χ4v) is 2.18. The number of ether oxygens (including phenoxy) is 1. The molecule has 0 radical (unpaired) electrons. The van der Waals surface area contributed by atoms with Crippen LogP contribution in [0.1, 0.15) is 26.2 Å². The Labute approximate surface area is 119 Å². The SMILES string of the molecule is CCCNc1ncc(Cl)c(NCCC2CCOC2)n1. The second-order valence-corrected chi connectivity index (χ2v) is 5.17. The summed E-state index contributed by atoms with van der Waals surface area (Å²) in [4.78, 5) is 8.53. The van der Waals surface area contributed by atoms with Crippen LogP contribution in [0.4, 0.5) is 11.8 Å². The highest BCUT2D eigenvalue weighted by atomic mass is 35.5. The van der Waals surface area contributed by atoms with Crippen LogP contribution in [0.5, 0.6) is 0 Å². The smallest absolute Gasteiger partial charge is 0.224 e. The molecule has 0 aromatic carbocycles. The molecule has 0 saturated carbocycles. The van der Waals surface area contributed by atoms with Crippen LogP contribution in [0.15, 0.2) is 6.20 Å². The van der Waals surface area contributed by atoms with Gasteiger partial charge in [0.1, 0.15) is 10.8 Å². The molecule has 0 amide bonds. The molecule has 2 N–H and O–H groups in total. The molecule has 2 rings (SSSR count). The first kappa shape index (κ1) is 14.3. The molecule has 1 aliphatic rings. The molecule has 1 aliphatic heterocycles. The van der Waals surface area contributed by atoms with Gasteiger partial charge in [-0.05, 0) is 25.2 Å². The second-order valence-electron chi connectivity index (χ2n) is 4.76. The summed E-state index contributed by atoms with van der Waals surface area (Å²) < 4.78 is 5.36. The first-order valence-corrected chi connectivity index (χ1v) is 7.25. The van der Waals surface area contributed by atoms with E-state index < -0.39 is 0 Å². The number of rotatable bonds is 7. The predicted molar refractivity (Wildman–Crippen MR) is 77.9 cm³/mol. The van der Waals surface area contributed by atoms with Crippen molar-refractivity contribution in [1.82, 2.24) is 9.97 Å². The molecule has 1 aromatic rings. The summed E-state index contributed by atoms with van der Waals surface area (Å²) in [5.41, 5.74) is 0. The number of nitrogens with one attached hydrogen (secondary N) is 2. The summed E-state index contributed by atoms with van der Waals surface area (Å²) in [6.07, 6.45) is 4.91. The topological polar surface area (TPSA) is 59.1 Å². The standard InChI is InChI=1S/C13H21ClN4O/c1-2-5-16-13-17-8-11(14)12(18-13)15-6-3-10-4-7-19-9-10/h8,10H,2-7,9H2,1H3,(H2,15,16,17,18). The molecule has 1 fully saturated rings. The Morgan fingerprint density at radius 1 is 1.42 bits per heavy atom. The van der Waals surface area contributed by atoms with Crippen molar-refractivity contribution in [2.45, 2.75) is 26.2 Å². The molecule has 0 aliphatic carbocycles. The third kappa shape index (κ3) is 4.51. The van der Waals surface area contributed by atoms with E-state index in [1.54, 1.807) is 6.20 Å². The monoisotopic (exact) mass is 284 g/mol. The molecule has 0 spiro atoms. The molecular weight excluding hydrogens is 264 g/mol. The van der Waals surface area contributed by atoms with Crippen LogP contribution in [-0.2, 0) is 4.74 Å². The summed E-state index contributed by atoms with van der Waals surface area (Å²) in [7, 11) is 0. The fraction of sp³-hybridized carbons (Fsp3) is 0.692. The first-order valence-electron chi connectivity index (χ1n) is 6.87. The van der Waals surface area contributed by atoms with Crippen molar-refractivity contribution >= 4 is 23.4 Å². The van der Waals surface area contributed by atoms with Gasteiger partial charge in [0, 0.05) is 26.3 Å². The third-order valence-electron chi connectivity index (χ3n) is 3.15. The van der Waals surface area contributed by atoms with Gasteiger partial charge in [0.25, 0.3) is 0 Å². The van der Waals surface area contributed by atoms with E-state index in [4.69, 9.17) is 16.3 Å². The minimum absolute atomic E-state index is 0.560. The van der Waals surface area contributed by atoms with Gasteiger partial charge in [0.2, 0.25) is 5.95 Å². The largest absolute Gasteiger partial charge is 0.381 e. The molecule has 106 valence electrons. The lowest BCUT2D eigenvalue weighted by Gasteiger charge is -2.11. The number of hydrogen-bond donors (Lipinski definition) is 2. The van der Waals surface area contributed by atoms with Crippen LogP contribution in [0, 0.1) is 5.92 Å². The van der Waals surface area contributed by atoms with Gasteiger partial charge in [0.05, 0.1) is 6.20 Å². The van der Waals surface area contributed by atoms with E-state index in [2.05, 4.69) is 27.5 Å². The number of halogens is 1. The Bertz CT molecular complexity index is 396. The Morgan fingerprint density at radius 3 is 3.05 bits per heavy atom. The summed E-state index contributed by atoms with van der Waals surface area (Å²) in [6.45, 7) is 5.59. The van der Waals surface area contributed by atoms with Crippen LogP contribution >= 0.6 is 11.6 Å². The molecule has 1 saturated heterocycles. The minimum Gasteiger partial charge on any atom is -0.381 e. The highest BCUT2D eigenvalue weighted by molar-refractivity contribution is 6.32. The molecule has 2 heterocycles. The molecule has 5 nitrogen and oxygen atoms in total. The molecule has 1 aromatic heterocycles. The zero-order valence-corrected chi connectivity index (χ0v) is 12.0. The van der Waals surface area contributed by atoms with Gasteiger partial charge < -0.3 is 15.4 Å². The number of anilines is 2. The van der Waals surface area contributed by atoms with E-state index >= 15 is 0 Å². The van der Waals surface area contributed by atoms with Gasteiger partial charge in [-0.1, -0.05) is 18.5 Å². The number of aromatic nitrogens is 2. The predicted octanol–water partition coefficient (Wildman–Crippen LogP) is 2.79. The summed E-state index contributed by atoms with van der Waals surface area (Å²) >= 11 is 6.09. The average Bonchev–Trinajstić information content (AvgIpc) is 2.92. The van der Waals surface area contributed by atoms with Crippen molar-refractivity contribution in [3.63, 3.8) is 0 Å². The van der Waals surface area contributed by atoms with Crippen LogP contribution in [0.25, 0.3) is 0 Å². The summed E-state index contributed by atoms with van der Waals surface area (Å²) in [5, 5.41) is 6.99. The van der Waals surface area contributed by atoms with E-state index in [0.717, 1.165) is 45.6 Å². The van der Waals surface area contributed by atoms with Crippen molar-refractivity contribution in [2.24, 2.45) is 5.92 Å². The molecule has 6 heteroatoms. The molecule has 19 heavy (non-hydrogen) atoms. The molecule has 0 bridgehead atoms. The maximum Gasteiger partial charge on any atom is 0.224 e. The normalized spacial score (nSPS) is 18.5. The minimum atomic E-state index is 0.560. The van der Waals surface area contributed by atoms with Crippen molar-refractivity contribution in [3.8, 4) is 0 Å². The van der Waals surface area contributed by atoms with E-state index in [9.17, 15) is 0 Å². The van der Waals surface area contributed by atoms with Gasteiger partial charge in [-0.2, -0.15) is 4.98 Å². The van der Waals surface area contributed by atoms with Crippen molar-refractivity contribution in [2.75, 3.05) is 36.9 Å². The summed E-state index contributed by atoms with van der Waals surface area (Å²) in [6, 6.07) is 0. The average molecular weight is 285 g/mol. The Morgan fingerprint density at radius 2 is 2.32 bits per heavy atom. The van der Waals surface area contributed by atoms with E-state index in [1.807, 2.05) is 0 Å². The number of hydrogen-bond acceptors (Lipinski definition) is 5. The van der Waals surface area contributed by atoms with Gasteiger partial charge >= 0.3 is 0 Å². The van der Waals surface area contributed by atoms with Crippen LogP contribution in [-0.4, -0.2) is 36.3 Å². The van der Waals surface area contributed by atoms with Gasteiger partial charge in [-0.3, -0.25) is 0 Å². The molecule has 1 atom stereocenters. The maximum atomic E-state index is 6.09. The fourth-order valence-electron chi connectivity index (χ4n) is 2.02. The highest BCUT2D eigenvalue weighted by Gasteiger charge is 2.15. The second kappa shape index (κ2) is 7.50. The van der Waals surface area contributed by atoms with E-state index in [1.165, 1.54) is 0 Å². The lowest BCUT2D eigenvalue weighted by molar-refractivity contribution is 0.185. The van der Waals surface area contributed by atoms with Crippen molar-refractivity contribution in [3.05, 3.63) is 11.2 Å². The van der Waals surface area contributed by atoms with E-state index in [0.29, 0.717) is 22.7 Å². The van der Waals surface area contributed by atoms with Crippen LogP contribution < -0.4 is 10.6 Å². The van der Waals surface area contributed by atoms with Crippen molar-refractivity contribution < 1.29 is 4.74 Å². The van der Waals surface area contributed by atoms with Gasteiger partial charge in [-0.15, -0.1) is 0 Å². The maximum absolute atomic E-state index is 6.09. The van der Waals surface area contributed by atoms with Gasteiger partial charge in [-0.25, -0.2) is 4.98 Å². The lowest BCUT2D eigenvalue weighted by Crippen LogP contribution is -2.12. The zero-order chi connectivity index (χ0) is 13.5. The van der Waals surface area contributed by atoms with Crippen molar-refractivity contribution in [1.29, 1.82) is 0 Å². The molecular formula is C13H21ClN4O. The zero-order valence-electron chi connectivity index (χ0n) is 11.3. The third-order valence-corrected chi connectivity index (χ3v) is 3.42. The quantitative estimate of drug-likeness (QED) is 0.806. The van der Waals surface area contributed by atoms with Gasteiger partial charge in [0.15, 0.2) is 0 Å². The summed E-state index contributed by atoms with van der Waals surface area (Å²) in [5.74, 6) is 1.98. The first-order chi connectivity index (χ1) is 9.29. The Kier molecular flexibility index (Phi) is 5.66.